The fourth-order valence-electron chi connectivity index (χ4n) is 2.03. The molecule has 0 spiro atoms. The number of hydrogen-bond donors (Lipinski definition) is 1. The third-order valence-electron chi connectivity index (χ3n) is 3.10. The molecule has 23 heavy (non-hydrogen) atoms. The lowest BCUT2D eigenvalue weighted by Crippen LogP contribution is -2.31. The Morgan fingerprint density at radius 2 is 1.70 bits per heavy atom. The molecule has 0 fully saturated rings. The van der Waals surface area contributed by atoms with Gasteiger partial charge in [0.15, 0.2) is 5.75 Å². The summed E-state index contributed by atoms with van der Waals surface area (Å²) in [6.45, 7) is 1.63. The number of methoxy groups -OCH3 is 1. The highest BCUT2D eigenvalue weighted by Gasteiger charge is 2.25. The molecule has 0 saturated heterocycles. The van der Waals surface area contributed by atoms with Crippen molar-refractivity contribution >= 4 is 39.1 Å². The molecule has 0 atom stereocenters. The van der Waals surface area contributed by atoms with E-state index in [1.165, 1.54) is 25.3 Å². The second-order valence-electron chi connectivity index (χ2n) is 4.64. The number of carbonyl (C=O) groups is 1. The van der Waals surface area contributed by atoms with Crippen LogP contribution < -0.4 is 9.46 Å². The SMILES string of the molecule is COc1c(Cl)ccc(Cl)c1C(=O)NS(=O)(=O)c1ccccc1C. The molecule has 1 amide bonds. The van der Waals surface area contributed by atoms with Crippen molar-refractivity contribution in [1.29, 1.82) is 0 Å². The van der Waals surface area contributed by atoms with Gasteiger partial charge in [0.1, 0.15) is 5.56 Å². The summed E-state index contributed by atoms with van der Waals surface area (Å²) in [5.41, 5.74) is 0.371. The molecule has 0 unspecified atom stereocenters. The third-order valence-corrected chi connectivity index (χ3v) is 5.20. The number of nitrogens with one attached hydrogen (secondary N) is 1. The van der Waals surface area contributed by atoms with Crippen LogP contribution in [-0.4, -0.2) is 21.4 Å². The van der Waals surface area contributed by atoms with Crippen LogP contribution >= 0.6 is 23.2 Å². The van der Waals surface area contributed by atoms with Gasteiger partial charge in [-0.15, -0.1) is 0 Å². The summed E-state index contributed by atoms with van der Waals surface area (Å²) >= 11 is 11.9. The Kier molecular flexibility index (Phi) is 5.19. The zero-order chi connectivity index (χ0) is 17.2. The largest absolute Gasteiger partial charge is 0.494 e. The minimum Gasteiger partial charge on any atom is -0.494 e. The summed E-state index contributed by atoms with van der Waals surface area (Å²) in [5, 5.41) is 0.180. The maximum atomic E-state index is 12.4. The lowest BCUT2D eigenvalue weighted by atomic mass is 10.2. The van der Waals surface area contributed by atoms with Gasteiger partial charge < -0.3 is 4.74 Å². The van der Waals surface area contributed by atoms with Gasteiger partial charge in [-0.05, 0) is 30.7 Å². The number of sulfonamides is 1. The lowest BCUT2D eigenvalue weighted by molar-refractivity contribution is 0.0978. The Morgan fingerprint density at radius 3 is 2.30 bits per heavy atom. The highest BCUT2D eigenvalue weighted by molar-refractivity contribution is 7.90. The molecule has 1 N–H and O–H groups in total. The second kappa shape index (κ2) is 6.78. The molecule has 0 aliphatic carbocycles. The molecule has 5 nitrogen and oxygen atoms in total. The van der Waals surface area contributed by atoms with E-state index in [4.69, 9.17) is 27.9 Å². The van der Waals surface area contributed by atoms with Gasteiger partial charge in [0.05, 0.1) is 22.1 Å². The number of aryl methyl sites for hydroxylation is 1. The van der Waals surface area contributed by atoms with Gasteiger partial charge in [-0.25, -0.2) is 13.1 Å². The van der Waals surface area contributed by atoms with E-state index >= 15 is 0 Å². The molecule has 0 aliphatic rings. The Hall–Kier alpha value is -1.76. The van der Waals surface area contributed by atoms with Gasteiger partial charge in [-0.2, -0.15) is 0 Å². The predicted molar refractivity (Wildman–Crippen MR) is 88.8 cm³/mol. The van der Waals surface area contributed by atoms with Crippen LogP contribution in [0, 0.1) is 6.92 Å². The van der Waals surface area contributed by atoms with Gasteiger partial charge in [0, 0.05) is 0 Å². The maximum absolute atomic E-state index is 12.4. The second-order valence-corrected chi connectivity index (χ2v) is 7.10. The molecule has 2 aromatic carbocycles. The van der Waals surface area contributed by atoms with Crippen LogP contribution in [0.15, 0.2) is 41.3 Å². The fourth-order valence-corrected chi connectivity index (χ4v) is 3.71. The van der Waals surface area contributed by atoms with Crippen molar-refractivity contribution in [2.24, 2.45) is 0 Å². The van der Waals surface area contributed by atoms with Crippen molar-refractivity contribution in [3.63, 3.8) is 0 Å². The molecule has 0 aromatic heterocycles. The molecule has 2 aromatic rings. The van der Waals surface area contributed by atoms with Crippen molar-refractivity contribution in [3.05, 3.63) is 57.6 Å². The molecule has 0 aliphatic heterocycles. The number of hydrogen-bond acceptors (Lipinski definition) is 4. The van der Waals surface area contributed by atoms with Crippen LogP contribution in [0.25, 0.3) is 0 Å². The van der Waals surface area contributed by atoms with Gasteiger partial charge in [-0.1, -0.05) is 41.4 Å². The molecule has 0 saturated carbocycles. The molecule has 0 bridgehead atoms. The molecule has 2 rings (SSSR count). The van der Waals surface area contributed by atoms with Crippen molar-refractivity contribution < 1.29 is 17.9 Å². The number of benzene rings is 2. The lowest BCUT2D eigenvalue weighted by Gasteiger charge is -2.13. The van der Waals surface area contributed by atoms with Crippen LogP contribution in [-0.2, 0) is 10.0 Å². The average Bonchev–Trinajstić information content (AvgIpc) is 2.48. The van der Waals surface area contributed by atoms with Gasteiger partial charge in [0.2, 0.25) is 0 Å². The van der Waals surface area contributed by atoms with E-state index < -0.39 is 15.9 Å². The zero-order valence-corrected chi connectivity index (χ0v) is 14.6. The number of halogens is 2. The zero-order valence-electron chi connectivity index (χ0n) is 12.3. The van der Waals surface area contributed by atoms with E-state index in [0.29, 0.717) is 5.56 Å². The quantitative estimate of drug-likeness (QED) is 0.890. The van der Waals surface area contributed by atoms with E-state index in [2.05, 4.69) is 0 Å². The Morgan fingerprint density at radius 1 is 1.09 bits per heavy atom. The highest BCUT2D eigenvalue weighted by Crippen LogP contribution is 2.34. The summed E-state index contributed by atoms with van der Waals surface area (Å²) in [6, 6.07) is 9.15. The molecular formula is C15H13Cl2NO4S. The van der Waals surface area contributed by atoms with Crippen molar-refractivity contribution in [1.82, 2.24) is 4.72 Å². The standard InChI is InChI=1S/C15H13Cl2NO4S/c1-9-5-3-4-6-12(9)23(20,21)18-15(19)13-10(16)7-8-11(17)14(13)22-2/h3-8H,1-2H3,(H,18,19). The van der Waals surface area contributed by atoms with Crippen LogP contribution in [0.4, 0.5) is 0 Å². The van der Waals surface area contributed by atoms with E-state index in [1.54, 1.807) is 25.1 Å². The van der Waals surface area contributed by atoms with E-state index in [9.17, 15) is 13.2 Å². The number of amides is 1. The van der Waals surface area contributed by atoms with Crippen LogP contribution in [0.1, 0.15) is 15.9 Å². The van der Waals surface area contributed by atoms with Gasteiger partial charge in [0.25, 0.3) is 15.9 Å². The van der Waals surface area contributed by atoms with Gasteiger partial charge >= 0.3 is 0 Å². The Bertz CT molecular complexity index is 866. The first-order chi connectivity index (χ1) is 10.8. The van der Waals surface area contributed by atoms with Crippen LogP contribution in [0.3, 0.4) is 0 Å². The third kappa shape index (κ3) is 3.60. The summed E-state index contributed by atoms with van der Waals surface area (Å²) in [5.74, 6) is -0.908. The first kappa shape index (κ1) is 17.6. The number of carbonyl (C=O) groups excluding carboxylic acids is 1. The van der Waals surface area contributed by atoms with Crippen molar-refractivity contribution in [2.45, 2.75) is 11.8 Å². The summed E-state index contributed by atoms with van der Waals surface area (Å²) < 4.78 is 31.8. The van der Waals surface area contributed by atoms with E-state index in [0.717, 1.165) is 0 Å². The summed E-state index contributed by atoms with van der Waals surface area (Å²) in [7, 11) is -2.74. The normalized spacial score (nSPS) is 11.1. The Balaban J connectivity index is 2.44. The number of ether oxygens (including phenoxy) is 1. The van der Waals surface area contributed by atoms with Crippen LogP contribution in [0.2, 0.25) is 10.0 Å². The summed E-state index contributed by atoms with van der Waals surface area (Å²) in [4.78, 5) is 12.4. The molecule has 122 valence electrons. The van der Waals surface area contributed by atoms with Crippen molar-refractivity contribution in [3.8, 4) is 5.75 Å². The predicted octanol–water partition coefficient (Wildman–Crippen LogP) is 3.43. The molecular weight excluding hydrogens is 361 g/mol. The smallest absolute Gasteiger partial charge is 0.270 e. The first-order valence-corrected chi connectivity index (χ1v) is 8.66. The maximum Gasteiger partial charge on any atom is 0.270 e. The minimum absolute atomic E-state index is 0.00506. The molecule has 0 radical (unpaired) electrons. The first-order valence-electron chi connectivity index (χ1n) is 6.42. The van der Waals surface area contributed by atoms with Crippen LogP contribution in [0.5, 0.6) is 5.75 Å². The Labute approximate surface area is 144 Å². The van der Waals surface area contributed by atoms with E-state index in [1.807, 2.05) is 4.72 Å². The van der Waals surface area contributed by atoms with E-state index in [-0.39, 0.29) is 26.3 Å². The number of rotatable bonds is 4. The summed E-state index contributed by atoms with van der Waals surface area (Å²) in [6.07, 6.45) is 0. The minimum atomic E-state index is -4.05. The highest BCUT2D eigenvalue weighted by atomic mass is 35.5. The van der Waals surface area contributed by atoms with Crippen molar-refractivity contribution in [2.75, 3.05) is 7.11 Å². The monoisotopic (exact) mass is 373 g/mol. The average molecular weight is 374 g/mol. The molecule has 0 heterocycles. The fraction of sp³-hybridized carbons (Fsp3) is 0.133. The van der Waals surface area contributed by atoms with Gasteiger partial charge in [-0.3, -0.25) is 4.79 Å². The topological polar surface area (TPSA) is 72.5 Å². The molecule has 8 heteroatoms.